The number of non-ortho nitro benzene ring substituents is 1. The first-order valence-corrected chi connectivity index (χ1v) is 6.89. The molecule has 0 radical (unpaired) electrons. The van der Waals surface area contributed by atoms with Gasteiger partial charge in [0.1, 0.15) is 0 Å². The minimum Gasteiger partial charge on any atom is -0.372 e. The van der Waals surface area contributed by atoms with Crippen LogP contribution >= 0.6 is 23.4 Å². The van der Waals surface area contributed by atoms with Crippen molar-refractivity contribution in [2.24, 2.45) is 0 Å². The molecule has 6 heteroatoms. The van der Waals surface area contributed by atoms with Crippen LogP contribution in [0.1, 0.15) is 5.56 Å². The second-order valence-corrected chi connectivity index (χ2v) is 5.16. The topological polar surface area (TPSA) is 46.4 Å². The monoisotopic (exact) mass is 274 g/mol. The normalized spacial score (nSPS) is 10.4. The summed E-state index contributed by atoms with van der Waals surface area (Å²) in [7, 11) is 1.94. The zero-order valence-electron chi connectivity index (χ0n) is 10.1. The second kappa shape index (κ2) is 6.12. The molecular weight excluding hydrogens is 260 g/mol. The summed E-state index contributed by atoms with van der Waals surface area (Å²) in [5.74, 6) is 0.989. The van der Waals surface area contributed by atoms with E-state index in [1.165, 1.54) is 6.07 Å². The molecule has 1 aromatic rings. The maximum atomic E-state index is 10.7. The van der Waals surface area contributed by atoms with Gasteiger partial charge in [0.15, 0.2) is 0 Å². The van der Waals surface area contributed by atoms with E-state index < -0.39 is 4.92 Å². The van der Waals surface area contributed by atoms with Crippen LogP contribution < -0.4 is 4.90 Å². The van der Waals surface area contributed by atoms with Gasteiger partial charge in [0.25, 0.3) is 5.69 Å². The highest BCUT2D eigenvalue weighted by Gasteiger charge is 2.15. The standard InChI is InChI=1S/C11H15ClN2O2S/c1-8-6-9(14(15)16)7-10(12)11(8)13(2)4-5-17-3/h6-7H,4-5H2,1-3H3. The Hall–Kier alpha value is -0.940. The lowest BCUT2D eigenvalue weighted by Crippen LogP contribution is -2.21. The Morgan fingerprint density at radius 1 is 1.53 bits per heavy atom. The SMILES string of the molecule is CSCCN(C)c1c(C)cc([N+](=O)[O-])cc1Cl. The van der Waals surface area contributed by atoms with Crippen LogP contribution in [0.5, 0.6) is 0 Å². The molecule has 0 aliphatic carbocycles. The van der Waals surface area contributed by atoms with E-state index in [0.29, 0.717) is 5.02 Å². The van der Waals surface area contributed by atoms with Crippen molar-refractivity contribution in [1.82, 2.24) is 0 Å². The molecule has 0 saturated carbocycles. The number of anilines is 1. The van der Waals surface area contributed by atoms with Crippen molar-refractivity contribution < 1.29 is 4.92 Å². The molecular formula is C11H15ClN2O2S. The number of benzene rings is 1. The van der Waals surface area contributed by atoms with Gasteiger partial charge in [-0.05, 0) is 18.7 Å². The maximum Gasteiger partial charge on any atom is 0.271 e. The van der Waals surface area contributed by atoms with E-state index in [2.05, 4.69) is 0 Å². The summed E-state index contributed by atoms with van der Waals surface area (Å²) in [5, 5.41) is 11.1. The Bertz CT molecular complexity index is 403. The van der Waals surface area contributed by atoms with Crippen molar-refractivity contribution in [3.05, 3.63) is 32.8 Å². The quantitative estimate of drug-likeness (QED) is 0.610. The third-order valence-electron chi connectivity index (χ3n) is 2.46. The fourth-order valence-electron chi connectivity index (χ4n) is 1.65. The summed E-state index contributed by atoms with van der Waals surface area (Å²) in [6.45, 7) is 2.70. The Kier molecular flexibility index (Phi) is 5.08. The molecule has 0 saturated heterocycles. The van der Waals surface area contributed by atoms with Crippen molar-refractivity contribution in [2.45, 2.75) is 6.92 Å². The van der Waals surface area contributed by atoms with E-state index in [1.54, 1.807) is 17.8 Å². The summed E-state index contributed by atoms with van der Waals surface area (Å²) < 4.78 is 0. The van der Waals surface area contributed by atoms with Gasteiger partial charge in [-0.25, -0.2) is 0 Å². The molecule has 4 nitrogen and oxygen atoms in total. The first kappa shape index (κ1) is 14.1. The van der Waals surface area contributed by atoms with E-state index in [-0.39, 0.29) is 5.69 Å². The maximum absolute atomic E-state index is 10.7. The molecule has 0 fully saturated rings. The first-order valence-electron chi connectivity index (χ1n) is 5.12. The second-order valence-electron chi connectivity index (χ2n) is 3.76. The molecule has 0 amide bonds. The highest BCUT2D eigenvalue weighted by Crippen LogP contribution is 2.33. The van der Waals surface area contributed by atoms with Gasteiger partial charge in [0, 0.05) is 31.5 Å². The van der Waals surface area contributed by atoms with E-state index in [9.17, 15) is 10.1 Å². The lowest BCUT2D eigenvalue weighted by molar-refractivity contribution is -0.384. The largest absolute Gasteiger partial charge is 0.372 e. The molecule has 17 heavy (non-hydrogen) atoms. The van der Waals surface area contributed by atoms with Crippen LogP contribution in [0.4, 0.5) is 11.4 Å². The number of rotatable bonds is 5. The van der Waals surface area contributed by atoms with Crippen molar-refractivity contribution in [3.63, 3.8) is 0 Å². The van der Waals surface area contributed by atoms with Crippen molar-refractivity contribution >= 4 is 34.7 Å². The van der Waals surface area contributed by atoms with Crippen molar-refractivity contribution in [2.75, 3.05) is 30.5 Å². The molecule has 1 aromatic carbocycles. The number of hydrogen-bond donors (Lipinski definition) is 0. The van der Waals surface area contributed by atoms with E-state index >= 15 is 0 Å². The molecule has 94 valence electrons. The predicted octanol–water partition coefficient (Wildman–Crippen LogP) is 3.36. The van der Waals surface area contributed by atoms with Crippen LogP contribution in [0.15, 0.2) is 12.1 Å². The molecule has 0 spiro atoms. The fourth-order valence-corrected chi connectivity index (χ4v) is 2.51. The molecule has 0 heterocycles. The predicted molar refractivity (Wildman–Crippen MR) is 74.5 cm³/mol. The van der Waals surface area contributed by atoms with Gasteiger partial charge in [-0.2, -0.15) is 11.8 Å². The Labute approximate surface area is 110 Å². The summed E-state index contributed by atoms with van der Waals surface area (Å²) in [5.41, 5.74) is 1.73. The van der Waals surface area contributed by atoms with E-state index in [1.807, 2.05) is 25.1 Å². The number of nitro groups is 1. The van der Waals surface area contributed by atoms with Gasteiger partial charge >= 0.3 is 0 Å². The van der Waals surface area contributed by atoms with Gasteiger partial charge in [0.05, 0.1) is 15.6 Å². The van der Waals surface area contributed by atoms with Crippen molar-refractivity contribution in [3.8, 4) is 0 Å². The van der Waals surface area contributed by atoms with E-state index in [0.717, 1.165) is 23.5 Å². The Morgan fingerprint density at radius 2 is 2.18 bits per heavy atom. The number of aryl methyl sites for hydroxylation is 1. The lowest BCUT2D eigenvalue weighted by Gasteiger charge is -2.22. The van der Waals surface area contributed by atoms with Gasteiger partial charge in [-0.3, -0.25) is 10.1 Å². The Morgan fingerprint density at radius 3 is 2.65 bits per heavy atom. The molecule has 0 unspecified atom stereocenters. The number of thioether (sulfide) groups is 1. The molecule has 1 rings (SSSR count). The lowest BCUT2D eigenvalue weighted by atomic mass is 10.1. The zero-order valence-corrected chi connectivity index (χ0v) is 11.6. The average molecular weight is 275 g/mol. The molecule has 0 atom stereocenters. The fraction of sp³-hybridized carbons (Fsp3) is 0.455. The van der Waals surface area contributed by atoms with Crippen LogP contribution in [0.25, 0.3) is 0 Å². The third-order valence-corrected chi connectivity index (χ3v) is 3.34. The Balaban J connectivity index is 3.04. The summed E-state index contributed by atoms with van der Waals surface area (Å²) in [4.78, 5) is 12.3. The van der Waals surface area contributed by atoms with Gasteiger partial charge in [-0.15, -0.1) is 0 Å². The number of halogens is 1. The zero-order chi connectivity index (χ0) is 13.0. The van der Waals surface area contributed by atoms with Crippen LogP contribution in [-0.2, 0) is 0 Å². The highest BCUT2D eigenvalue weighted by atomic mass is 35.5. The molecule has 0 aromatic heterocycles. The van der Waals surface area contributed by atoms with Crippen LogP contribution in [0, 0.1) is 17.0 Å². The number of hydrogen-bond acceptors (Lipinski definition) is 4. The third kappa shape index (κ3) is 3.51. The van der Waals surface area contributed by atoms with Crippen LogP contribution in [-0.4, -0.2) is 30.5 Å². The van der Waals surface area contributed by atoms with Crippen LogP contribution in [0.3, 0.4) is 0 Å². The highest BCUT2D eigenvalue weighted by molar-refractivity contribution is 7.98. The van der Waals surface area contributed by atoms with E-state index in [4.69, 9.17) is 11.6 Å². The molecule has 0 bridgehead atoms. The van der Waals surface area contributed by atoms with Crippen LogP contribution in [0.2, 0.25) is 5.02 Å². The smallest absolute Gasteiger partial charge is 0.271 e. The average Bonchev–Trinajstić information content (AvgIpc) is 2.25. The molecule has 0 aliphatic heterocycles. The molecule has 0 N–H and O–H groups in total. The van der Waals surface area contributed by atoms with Gasteiger partial charge in [0.2, 0.25) is 0 Å². The number of nitrogens with zero attached hydrogens (tertiary/aromatic N) is 2. The minimum atomic E-state index is -0.426. The number of nitro benzene ring substituents is 1. The van der Waals surface area contributed by atoms with Gasteiger partial charge in [-0.1, -0.05) is 11.6 Å². The molecule has 0 aliphatic rings. The summed E-state index contributed by atoms with van der Waals surface area (Å²) in [6.07, 6.45) is 2.04. The summed E-state index contributed by atoms with van der Waals surface area (Å²) >= 11 is 7.85. The summed E-state index contributed by atoms with van der Waals surface area (Å²) in [6, 6.07) is 2.95. The van der Waals surface area contributed by atoms with Gasteiger partial charge < -0.3 is 4.90 Å². The first-order chi connectivity index (χ1) is 7.97. The van der Waals surface area contributed by atoms with Crippen molar-refractivity contribution in [1.29, 1.82) is 0 Å². The minimum absolute atomic E-state index is 0.0366.